The Morgan fingerprint density at radius 2 is 2.13 bits per heavy atom. The van der Waals surface area contributed by atoms with Crippen LogP contribution in [0.4, 0.5) is 4.39 Å². The van der Waals surface area contributed by atoms with Gasteiger partial charge in [0.15, 0.2) is 0 Å². The Balaban J connectivity index is 1.89. The van der Waals surface area contributed by atoms with Gasteiger partial charge in [0.05, 0.1) is 12.6 Å². The minimum Gasteiger partial charge on any atom is -0.330 e. The standard InChI is InChI=1S/C18H21FN2OS/c1-2-9-20-12-17(22)21-10-7-16-15(8-11-23-16)18(21)13-3-5-14(19)6-4-13/h3-6,8,11,18,20H,2,7,9-10,12H2,1H3/t18-/m1/s1. The van der Waals surface area contributed by atoms with Crippen LogP contribution in [0.1, 0.15) is 35.4 Å². The molecule has 1 aliphatic rings. The Morgan fingerprint density at radius 1 is 1.35 bits per heavy atom. The molecule has 1 N–H and O–H groups in total. The number of rotatable bonds is 5. The van der Waals surface area contributed by atoms with E-state index in [1.165, 1.54) is 22.6 Å². The first-order chi connectivity index (χ1) is 11.2. The first-order valence-electron chi connectivity index (χ1n) is 8.02. The van der Waals surface area contributed by atoms with Crippen LogP contribution in [0.3, 0.4) is 0 Å². The largest absolute Gasteiger partial charge is 0.330 e. The van der Waals surface area contributed by atoms with E-state index in [-0.39, 0.29) is 17.8 Å². The predicted molar refractivity (Wildman–Crippen MR) is 91.1 cm³/mol. The third-order valence-corrected chi connectivity index (χ3v) is 5.17. The van der Waals surface area contributed by atoms with Gasteiger partial charge in [0.2, 0.25) is 5.91 Å². The number of fused-ring (bicyclic) bond motifs is 1. The lowest BCUT2D eigenvalue weighted by Gasteiger charge is -2.36. The first-order valence-corrected chi connectivity index (χ1v) is 8.90. The van der Waals surface area contributed by atoms with Crippen LogP contribution in [-0.2, 0) is 11.2 Å². The minimum atomic E-state index is -0.252. The van der Waals surface area contributed by atoms with Gasteiger partial charge < -0.3 is 10.2 Å². The second-order valence-corrected chi connectivity index (χ2v) is 6.77. The van der Waals surface area contributed by atoms with Crippen LogP contribution in [0.25, 0.3) is 0 Å². The van der Waals surface area contributed by atoms with Crippen LogP contribution in [0.15, 0.2) is 35.7 Å². The summed E-state index contributed by atoms with van der Waals surface area (Å²) in [5, 5.41) is 5.26. The molecule has 1 amide bonds. The highest BCUT2D eigenvalue weighted by Crippen LogP contribution is 2.37. The molecule has 3 nitrogen and oxygen atoms in total. The zero-order chi connectivity index (χ0) is 16.2. The Hall–Kier alpha value is -1.72. The summed E-state index contributed by atoms with van der Waals surface area (Å²) >= 11 is 1.73. The lowest BCUT2D eigenvalue weighted by atomic mass is 9.93. The molecule has 0 bridgehead atoms. The van der Waals surface area contributed by atoms with E-state index in [0.717, 1.165) is 24.9 Å². The number of nitrogens with one attached hydrogen (secondary N) is 1. The van der Waals surface area contributed by atoms with Crippen molar-refractivity contribution >= 4 is 17.2 Å². The van der Waals surface area contributed by atoms with Gasteiger partial charge in [-0.3, -0.25) is 4.79 Å². The van der Waals surface area contributed by atoms with Crippen LogP contribution in [0.2, 0.25) is 0 Å². The van der Waals surface area contributed by atoms with Crippen LogP contribution in [0, 0.1) is 5.82 Å². The number of thiophene rings is 1. The maximum atomic E-state index is 13.3. The highest BCUT2D eigenvalue weighted by atomic mass is 32.1. The van der Waals surface area contributed by atoms with E-state index in [4.69, 9.17) is 0 Å². The molecule has 0 saturated heterocycles. The van der Waals surface area contributed by atoms with E-state index in [1.807, 2.05) is 4.90 Å². The third kappa shape index (κ3) is 3.46. The van der Waals surface area contributed by atoms with Crippen molar-refractivity contribution in [1.29, 1.82) is 0 Å². The van der Waals surface area contributed by atoms with Gasteiger partial charge in [-0.25, -0.2) is 4.39 Å². The van der Waals surface area contributed by atoms with Crippen molar-refractivity contribution in [3.05, 3.63) is 57.5 Å². The Labute approximate surface area is 140 Å². The Bertz CT molecular complexity index is 668. The third-order valence-electron chi connectivity index (χ3n) is 4.17. The summed E-state index contributed by atoms with van der Waals surface area (Å²) in [7, 11) is 0. The minimum absolute atomic E-state index is 0.102. The Kier molecular flexibility index (Phi) is 5.08. The van der Waals surface area contributed by atoms with Gasteiger partial charge in [-0.05, 0) is 54.1 Å². The number of benzene rings is 1. The predicted octanol–water partition coefficient (Wildman–Crippen LogP) is 3.36. The quantitative estimate of drug-likeness (QED) is 0.852. The van der Waals surface area contributed by atoms with E-state index in [0.29, 0.717) is 13.1 Å². The van der Waals surface area contributed by atoms with Crippen molar-refractivity contribution < 1.29 is 9.18 Å². The molecule has 2 heterocycles. The maximum absolute atomic E-state index is 13.3. The van der Waals surface area contributed by atoms with Crippen LogP contribution >= 0.6 is 11.3 Å². The Morgan fingerprint density at radius 3 is 2.87 bits per heavy atom. The van der Waals surface area contributed by atoms with Crippen molar-refractivity contribution in [2.45, 2.75) is 25.8 Å². The topological polar surface area (TPSA) is 32.3 Å². The fourth-order valence-electron chi connectivity index (χ4n) is 3.06. The maximum Gasteiger partial charge on any atom is 0.237 e. The molecule has 0 radical (unpaired) electrons. The molecule has 1 aliphatic heterocycles. The number of nitrogens with zero attached hydrogens (tertiary/aromatic N) is 1. The number of amides is 1. The van der Waals surface area contributed by atoms with Gasteiger partial charge in [-0.2, -0.15) is 0 Å². The summed E-state index contributed by atoms with van der Waals surface area (Å²) in [5.74, 6) is -0.151. The molecule has 0 saturated carbocycles. The number of hydrogen-bond donors (Lipinski definition) is 1. The summed E-state index contributed by atoms with van der Waals surface area (Å²) in [6.45, 7) is 3.98. The summed E-state index contributed by atoms with van der Waals surface area (Å²) in [4.78, 5) is 15.9. The van der Waals surface area contributed by atoms with Crippen molar-refractivity contribution in [1.82, 2.24) is 10.2 Å². The average Bonchev–Trinajstić information content (AvgIpc) is 3.03. The summed E-state index contributed by atoms with van der Waals surface area (Å²) in [6, 6.07) is 8.48. The molecule has 3 rings (SSSR count). The van der Waals surface area contributed by atoms with Gasteiger partial charge in [-0.1, -0.05) is 19.1 Å². The van der Waals surface area contributed by atoms with Crippen molar-refractivity contribution in [2.75, 3.05) is 19.6 Å². The molecule has 1 aromatic heterocycles. The van der Waals surface area contributed by atoms with E-state index in [2.05, 4.69) is 23.7 Å². The molecule has 0 unspecified atom stereocenters. The smallest absolute Gasteiger partial charge is 0.237 e. The van der Waals surface area contributed by atoms with Crippen LogP contribution in [0.5, 0.6) is 0 Å². The first kappa shape index (κ1) is 16.1. The molecule has 0 aliphatic carbocycles. The van der Waals surface area contributed by atoms with Crippen molar-refractivity contribution in [3.8, 4) is 0 Å². The van der Waals surface area contributed by atoms with E-state index < -0.39 is 0 Å². The molecule has 122 valence electrons. The molecule has 1 aromatic carbocycles. The fourth-order valence-corrected chi connectivity index (χ4v) is 3.97. The highest BCUT2D eigenvalue weighted by Gasteiger charge is 2.32. The molecule has 1 atom stereocenters. The lowest BCUT2D eigenvalue weighted by Crippen LogP contribution is -2.44. The normalized spacial score (nSPS) is 17.1. The monoisotopic (exact) mass is 332 g/mol. The average molecular weight is 332 g/mol. The molecule has 5 heteroatoms. The number of halogens is 1. The molecule has 23 heavy (non-hydrogen) atoms. The zero-order valence-corrected chi connectivity index (χ0v) is 14.0. The molecular formula is C18H21FN2OS. The fraction of sp³-hybridized carbons (Fsp3) is 0.389. The zero-order valence-electron chi connectivity index (χ0n) is 13.2. The number of carbonyl (C=O) groups excluding carboxylic acids is 1. The van der Waals surface area contributed by atoms with Crippen molar-refractivity contribution in [3.63, 3.8) is 0 Å². The molecule has 2 aromatic rings. The number of carbonyl (C=O) groups is 1. The lowest BCUT2D eigenvalue weighted by molar-refractivity contribution is -0.132. The van der Waals surface area contributed by atoms with E-state index in [9.17, 15) is 9.18 Å². The van der Waals surface area contributed by atoms with Gasteiger partial charge in [0.25, 0.3) is 0 Å². The summed E-state index contributed by atoms with van der Waals surface area (Å²) in [5.41, 5.74) is 2.14. The highest BCUT2D eigenvalue weighted by molar-refractivity contribution is 7.10. The van der Waals surface area contributed by atoms with Gasteiger partial charge in [0.1, 0.15) is 5.82 Å². The second kappa shape index (κ2) is 7.23. The van der Waals surface area contributed by atoms with Gasteiger partial charge in [-0.15, -0.1) is 11.3 Å². The van der Waals surface area contributed by atoms with Gasteiger partial charge in [0, 0.05) is 11.4 Å². The van der Waals surface area contributed by atoms with Gasteiger partial charge >= 0.3 is 0 Å². The number of hydrogen-bond acceptors (Lipinski definition) is 3. The molecular weight excluding hydrogens is 311 g/mol. The van der Waals surface area contributed by atoms with E-state index in [1.54, 1.807) is 23.5 Å². The summed E-state index contributed by atoms with van der Waals surface area (Å²) < 4.78 is 13.3. The van der Waals surface area contributed by atoms with Crippen LogP contribution in [-0.4, -0.2) is 30.4 Å². The molecule has 0 fully saturated rings. The molecule has 0 spiro atoms. The van der Waals surface area contributed by atoms with Crippen LogP contribution < -0.4 is 5.32 Å². The van der Waals surface area contributed by atoms with Crippen molar-refractivity contribution in [2.24, 2.45) is 0 Å². The summed E-state index contributed by atoms with van der Waals surface area (Å²) in [6.07, 6.45) is 1.90. The SMILES string of the molecule is CCCNCC(=O)N1CCc2sccc2[C@H]1c1ccc(F)cc1. The second-order valence-electron chi connectivity index (χ2n) is 5.77. The van der Waals surface area contributed by atoms with E-state index >= 15 is 0 Å².